The van der Waals surface area contributed by atoms with Crippen molar-refractivity contribution in [3.63, 3.8) is 0 Å². The molecule has 0 N–H and O–H groups in total. The zero-order valence-corrected chi connectivity index (χ0v) is 14.6. The van der Waals surface area contributed by atoms with E-state index in [0.29, 0.717) is 5.56 Å². The second-order valence-electron chi connectivity index (χ2n) is 6.37. The molecule has 0 bridgehead atoms. The lowest BCUT2D eigenvalue weighted by Crippen LogP contribution is -2.49. The topological polar surface area (TPSA) is 67.2 Å². The molecule has 0 unspecified atom stereocenters. The van der Waals surface area contributed by atoms with Crippen LogP contribution in [0, 0.1) is 6.92 Å². The molecule has 1 aliphatic rings. The van der Waals surface area contributed by atoms with Gasteiger partial charge in [-0.3, -0.25) is 4.79 Å². The molecule has 0 radical (unpaired) electrons. The van der Waals surface area contributed by atoms with E-state index in [2.05, 4.69) is 51.6 Å². The van der Waals surface area contributed by atoms with Crippen molar-refractivity contribution in [2.24, 2.45) is 0 Å². The molecule has 132 valence electrons. The molecule has 1 amide bonds. The normalized spacial score (nSPS) is 14.5. The first-order chi connectivity index (χ1) is 12.7. The number of carbonyl (C=O) groups is 1. The molecule has 0 aliphatic carbocycles. The van der Waals surface area contributed by atoms with Gasteiger partial charge in [-0.1, -0.05) is 18.2 Å². The molecule has 1 aromatic heterocycles. The van der Waals surface area contributed by atoms with Gasteiger partial charge in [0.25, 0.3) is 5.91 Å². The summed E-state index contributed by atoms with van der Waals surface area (Å²) in [4.78, 5) is 17.0. The van der Waals surface area contributed by atoms with Gasteiger partial charge >= 0.3 is 0 Å². The predicted octanol–water partition coefficient (Wildman–Crippen LogP) is 1.93. The van der Waals surface area contributed by atoms with Crippen LogP contribution in [0.5, 0.6) is 0 Å². The number of para-hydroxylation sites is 1. The van der Waals surface area contributed by atoms with Crippen LogP contribution in [0.4, 0.5) is 5.69 Å². The van der Waals surface area contributed by atoms with Crippen molar-refractivity contribution in [2.45, 2.75) is 6.92 Å². The van der Waals surface area contributed by atoms with Crippen LogP contribution in [0.2, 0.25) is 0 Å². The highest BCUT2D eigenvalue weighted by atomic mass is 16.2. The largest absolute Gasteiger partial charge is 0.368 e. The van der Waals surface area contributed by atoms with Crippen molar-refractivity contribution < 1.29 is 4.79 Å². The number of nitrogens with zero attached hydrogens (tertiary/aromatic N) is 6. The highest BCUT2D eigenvalue weighted by Crippen LogP contribution is 2.21. The van der Waals surface area contributed by atoms with E-state index in [-0.39, 0.29) is 5.91 Å². The summed E-state index contributed by atoms with van der Waals surface area (Å²) in [5.41, 5.74) is 4.04. The van der Waals surface area contributed by atoms with E-state index < -0.39 is 0 Å². The van der Waals surface area contributed by atoms with Gasteiger partial charge in [-0.05, 0) is 53.2 Å². The van der Waals surface area contributed by atoms with Crippen molar-refractivity contribution in [3.8, 4) is 5.69 Å². The van der Waals surface area contributed by atoms with E-state index in [1.165, 1.54) is 17.6 Å². The third-order valence-corrected chi connectivity index (χ3v) is 4.75. The van der Waals surface area contributed by atoms with Crippen LogP contribution in [0.3, 0.4) is 0 Å². The van der Waals surface area contributed by atoms with Gasteiger partial charge in [0.15, 0.2) is 0 Å². The Balaban J connectivity index is 1.41. The second-order valence-corrected chi connectivity index (χ2v) is 6.37. The Labute approximate surface area is 151 Å². The summed E-state index contributed by atoms with van der Waals surface area (Å²) in [7, 11) is 0. The fourth-order valence-electron chi connectivity index (χ4n) is 3.29. The fraction of sp³-hybridized carbons (Fsp3) is 0.263. The molecule has 0 saturated carbocycles. The van der Waals surface area contributed by atoms with Gasteiger partial charge in [-0.2, -0.15) is 0 Å². The van der Waals surface area contributed by atoms with Gasteiger partial charge in [0.05, 0.1) is 5.69 Å². The number of piperazine rings is 1. The van der Waals surface area contributed by atoms with Gasteiger partial charge in [-0.15, -0.1) is 5.10 Å². The Kier molecular flexibility index (Phi) is 4.35. The minimum Gasteiger partial charge on any atom is -0.368 e. The molecule has 2 heterocycles. The lowest BCUT2D eigenvalue weighted by Gasteiger charge is -2.36. The van der Waals surface area contributed by atoms with Crippen molar-refractivity contribution in [2.75, 3.05) is 31.1 Å². The maximum absolute atomic E-state index is 12.8. The second kappa shape index (κ2) is 6.95. The number of rotatable bonds is 3. The lowest BCUT2D eigenvalue weighted by molar-refractivity contribution is 0.0747. The maximum atomic E-state index is 12.8. The molecule has 3 aromatic rings. The van der Waals surface area contributed by atoms with Crippen LogP contribution in [0.25, 0.3) is 5.69 Å². The van der Waals surface area contributed by atoms with E-state index in [9.17, 15) is 4.79 Å². The Morgan fingerprint density at radius 3 is 2.35 bits per heavy atom. The predicted molar refractivity (Wildman–Crippen MR) is 98.4 cm³/mol. The van der Waals surface area contributed by atoms with E-state index >= 15 is 0 Å². The number of hydrogen-bond donors (Lipinski definition) is 0. The molecule has 26 heavy (non-hydrogen) atoms. The standard InChI is InChI=1S/C19H20N6O/c1-15-4-2-3-5-18(15)23-10-12-24(13-11-23)19(26)16-6-8-17(9-7-16)25-14-20-21-22-25/h2-9,14H,10-13H2,1H3. The summed E-state index contributed by atoms with van der Waals surface area (Å²) in [5, 5.41) is 11.1. The van der Waals surface area contributed by atoms with E-state index in [1.807, 2.05) is 29.2 Å². The van der Waals surface area contributed by atoms with Crippen LogP contribution in [0.15, 0.2) is 54.9 Å². The van der Waals surface area contributed by atoms with Gasteiger partial charge < -0.3 is 9.80 Å². The fourth-order valence-corrected chi connectivity index (χ4v) is 3.29. The molecule has 2 aromatic carbocycles. The zero-order chi connectivity index (χ0) is 17.9. The van der Waals surface area contributed by atoms with Gasteiger partial charge in [0.1, 0.15) is 6.33 Å². The molecule has 7 heteroatoms. The summed E-state index contributed by atoms with van der Waals surface area (Å²) in [6.07, 6.45) is 1.53. The Morgan fingerprint density at radius 1 is 0.962 bits per heavy atom. The summed E-state index contributed by atoms with van der Waals surface area (Å²) in [6.45, 7) is 5.27. The number of tetrazole rings is 1. The average molecular weight is 348 g/mol. The van der Waals surface area contributed by atoms with Gasteiger partial charge in [0, 0.05) is 37.4 Å². The number of aryl methyl sites for hydroxylation is 1. The number of benzene rings is 2. The SMILES string of the molecule is Cc1ccccc1N1CCN(C(=O)c2ccc(-n3cnnn3)cc2)CC1. The first kappa shape index (κ1) is 16.3. The Hall–Kier alpha value is -3.22. The van der Waals surface area contributed by atoms with Crippen LogP contribution < -0.4 is 4.90 Å². The zero-order valence-electron chi connectivity index (χ0n) is 14.6. The molecule has 1 fully saturated rings. The van der Waals surface area contributed by atoms with Gasteiger partial charge in [0.2, 0.25) is 0 Å². The quantitative estimate of drug-likeness (QED) is 0.724. The maximum Gasteiger partial charge on any atom is 0.253 e. The van der Waals surface area contributed by atoms with Crippen LogP contribution >= 0.6 is 0 Å². The summed E-state index contributed by atoms with van der Waals surface area (Å²) in [6, 6.07) is 15.7. The molecule has 1 aliphatic heterocycles. The molecule has 0 spiro atoms. The Bertz CT molecular complexity index is 883. The first-order valence-corrected chi connectivity index (χ1v) is 8.65. The minimum atomic E-state index is 0.0673. The first-order valence-electron chi connectivity index (χ1n) is 8.65. The van der Waals surface area contributed by atoms with Crippen LogP contribution in [-0.2, 0) is 0 Å². The van der Waals surface area contributed by atoms with E-state index in [4.69, 9.17) is 0 Å². The number of anilines is 1. The summed E-state index contributed by atoms with van der Waals surface area (Å²) >= 11 is 0. The molecule has 1 saturated heterocycles. The molecular weight excluding hydrogens is 328 g/mol. The number of carbonyl (C=O) groups excluding carboxylic acids is 1. The minimum absolute atomic E-state index is 0.0673. The summed E-state index contributed by atoms with van der Waals surface area (Å²) in [5.74, 6) is 0.0673. The number of amides is 1. The third kappa shape index (κ3) is 3.15. The van der Waals surface area contributed by atoms with Crippen LogP contribution in [-0.4, -0.2) is 57.2 Å². The lowest BCUT2D eigenvalue weighted by atomic mass is 10.1. The highest BCUT2D eigenvalue weighted by molar-refractivity contribution is 5.94. The molecule has 4 rings (SSSR count). The van der Waals surface area contributed by atoms with E-state index in [0.717, 1.165) is 31.9 Å². The molecule has 7 nitrogen and oxygen atoms in total. The van der Waals surface area contributed by atoms with Crippen molar-refractivity contribution in [1.29, 1.82) is 0 Å². The molecule has 0 atom stereocenters. The smallest absolute Gasteiger partial charge is 0.253 e. The third-order valence-electron chi connectivity index (χ3n) is 4.75. The highest BCUT2D eigenvalue weighted by Gasteiger charge is 2.22. The monoisotopic (exact) mass is 348 g/mol. The van der Waals surface area contributed by atoms with Crippen molar-refractivity contribution in [3.05, 3.63) is 66.0 Å². The number of aromatic nitrogens is 4. The van der Waals surface area contributed by atoms with Crippen molar-refractivity contribution >= 4 is 11.6 Å². The van der Waals surface area contributed by atoms with E-state index in [1.54, 1.807) is 4.68 Å². The van der Waals surface area contributed by atoms with Crippen LogP contribution in [0.1, 0.15) is 15.9 Å². The molecular formula is C19H20N6O. The Morgan fingerprint density at radius 2 is 1.69 bits per heavy atom. The summed E-state index contributed by atoms with van der Waals surface area (Å²) < 4.78 is 1.56. The van der Waals surface area contributed by atoms with Gasteiger partial charge in [-0.25, -0.2) is 4.68 Å². The van der Waals surface area contributed by atoms with Crippen molar-refractivity contribution in [1.82, 2.24) is 25.1 Å². The average Bonchev–Trinajstić information content (AvgIpc) is 3.23. The number of hydrogen-bond acceptors (Lipinski definition) is 5.